The van der Waals surface area contributed by atoms with Gasteiger partial charge in [-0.15, -0.1) is 0 Å². The minimum atomic E-state index is -1.00. The van der Waals surface area contributed by atoms with Gasteiger partial charge in [-0.05, 0) is 19.3 Å². The van der Waals surface area contributed by atoms with Gasteiger partial charge in [0.25, 0.3) is 0 Å². The van der Waals surface area contributed by atoms with Crippen LogP contribution in [0.1, 0.15) is 33.6 Å². The first-order valence-electron chi connectivity index (χ1n) is 6.37. The van der Waals surface area contributed by atoms with Crippen LogP contribution in [0.4, 0.5) is 4.79 Å². The average molecular weight is 258 g/mol. The standard InChI is InChI=1S/C12H22N2O4/c1-4-7(2)10(11(15)16)14-12(17)13-9-5-6-18-8(9)3/h7-10H,4-6H2,1-3H3,(H,15,16)(H2,13,14,17). The van der Waals surface area contributed by atoms with Crippen molar-refractivity contribution in [2.45, 2.75) is 51.8 Å². The summed E-state index contributed by atoms with van der Waals surface area (Å²) in [4.78, 5) is 22.8. The number of urea groups is 1. The summed E-state index contributed by atoms with van der Waals surface area (Å²) in [5.41, 5.74) is 0. The number of aliphatic carboxylic acids is 1. The van der Waals surface area contributed by atoms with Crippen molar-refractivity contribution >= 4 is 12.0 Å². The zero-order valence-electron chi connectivity index (χ0n) is 11.1. The Labute approximate surface area is 107 Å². The first-order chi connectivity index (χ1) is 8.45. The molecule has 0 aromatic heterocycles. The normalized spacial score (nSPS) is 26.4. The van der Waals surface area contributed by atoms with Gasteiger partial charge in [0.05, 0.1) is 12.1 Å². The summed E-state index contributed by atoms with van der Waals surface area (Å²) in [6.45, 7) is 6.22. The summed E-state index contributed by atoms with van der Waals surface area (Å²) in [7, 11) is 0. The Balaban J connectivity index is 2.48. The lowest BCUT2D eigenvalue weighted by molar-refractivity contribution is -0.140. The molecule has 18 heavy (non-hydrogen) atoms. The molecule has 0 aromatic carbocycles. The molecule has 1 fully saturated rings. The molecule has 1 rings (SSSR count). The molecule has 0 radical (unpaired) electrons. The molecule has 0 spiro atoms. The number of carbonyl (C=O) groups excluding carboxylic acids is 1. The fourth-order valence-electron chi connectivity index (χ4n) is 1.96. The summed E-state index contributed by atoms with van der Waals surface area (Å²) in [5, 5.41) is 14.3. The highest BCUT2D eigenvalue weighted by Gasteiger charge is 2.29. The molecule has 1 saturated heterocycles. The van der Waals surface area contributed by atoms with Crippen molar-refractivity contribution in [3.63, 3.8) is 0 Å². The number of carbonyl (C=O) groups is 2. The summed E-state index contributed by atoms with van der Waals surface area (Å²) in [5.74, 6) is -1.11. The smallest absolute Gasteiger partial charge is 0.326 e. The second-order valence-electron chi connectivity index (χ2n) is 4.79. The van der Waals surface area contributed by atoms with Crippen molar-refractivity contribution in [3.8, 4) is 0 Å². The minimum Gasteiger partial charge on any atom is -0.480 e. The van der Waals surface area contributed by atoms with E-state index in [1.165, 1.54) is 0 Å². The number of rotatable bonds is 5. The van der Waals surface area contributed by atoms with Crippen LogP contribution in [0.3, 0.4) is 0 Å². The van der Waals surface area contributed by atoms with E-state index in [0.29, 0.717) is 13.0 Å². The number of nitrogens with one attached hydrogen (secondary N) is 2. The monoisotopic (exact) mass is 258 g/mol. The molecule has 1 aliphatic heterocycles. The number of carboxylic acids is 1. The van der Waals surface area contributed by atoms with Crippen molar-refractivity contribution in [2.24, 2.45) is 5.92 Å². The van der Waals surface area contributed by atoms with E-state index in [2.05, 4.69) is 10.6 Å². The molecule has 0 saturated carbocycles. The molecule has 0 bridgehead atoms. The van der Waals surface area contributed by atoms with Gasteiger partial charge in [0.1, 0.15) is 6.04 Å². The van der Waals surface area contributed by atoms with Crippen molar-refractivity contribution < 1.29 is 19.4 Å². The number of hydrogen-bond donors (Lipinski definition) is 3. The van der Waals surface area contributed by atoms with Crippen LogP contribution in [0.25, 0.3) is 0 Å². The van der Waals surface area contributed by atoms with Crippen molar-refractivity contribution in [2.75, 3.05) is 6.61 Å². The third-order valence-corrected chi connectivity index (χ3v) is 3.46. The van der Waals surface area contributed by atoms with Crippen LogP contribution in [-0.2, 0) is 9.53 Å². The molecule has 104 valence electrons. The van der Waals surface area contributed by atoms with E-state index in [1.807, 2.05) is 13.8 Å². The molecule has 4 atom stereocenters. The van der Waals surface area contributed by atoms with Gasteiger partial charge in [0.15, 0.2) is 0 Å². The van der Waals surface area contributed by atoms with Gasteiger partial charge < -0.3 is 20.5 Å². The Kier molecular flexibility index (Phi) is 5.40. The summed E-state index contributed by atoms with van der Waals surface area (Å²) in [6, 6.07) is -1.34. The summed E-state index contributed by atoms with van der Waals surface area (Å²) in [6.07, 6.45) is 1.43. The third-order valence-electron chi connectivity index (χ3n) is 3.46. The molecule has 6 nitrogen and oxygen atoms in total. The van der Waals surface area contributed by atoms with E-state index in [0.717, 1.165) is 6.42 Å². The van der Waals surface area contributed by atoms with Crippen LogP contribution >= 0.6 is 0 Å². The quantitative estimate of drug-likeness (QED) is 0.685. The van der Waals surface area contributed by atoms with Crippen LogP contribution in [-0.4, -0.2) is 41.9 Å². The summed E-state index contributed by atoms with van der Waals surface area (Å²) >= 11 is 0. The van der Waals surface area contributed by atoms with Crippen LogP contribution in [0, 0.1) is 5.92 Å². The highest BCUT2D eigenvalue weighted by molar-refractivity contribution is 5.82. The van der Waals surface area contributed by atoms with Crippen molar-refractivity contribution in [1.29, 1.82) is 0 Å². The SMILES string of the molecule is CCC(C)C(NC(=O)NC1CCOC1C)C(=O)O. The Morgan fingerprint density at radius 3 is 2.61 bits per heavy atom. The highest BCUT2D eigenvalue weighted by Crippen LogP contribution is 2.13. The molecule has 4 unspecified atom stereocenters. The van der Waals surface area contributed by atoms with Crippen LogP contribution in [0.2, 0.25) is 0 Å². The van der Waals surface area contributed by atoms with Crippen LogP contribution in [0.15, 0.2) is 0 Å². The number of hydrogen-bond acceptors (Lipinski definition) is 3. The second kappa shape index (κ2) is 6.58. The van der Waals surface area contributed by atoms with E-state index >= 15 is 0 Å². The Hall–Kier alpha value is -1.30. The van der Waals surface area contributed by atoms with E-state index in [-0.39, 0.29) is 18.1 Å². The maximum atomic E-state index is 11.7. The topological polar surface area (TPSA) is 87.7 Å². The molecule has 0 aliphatic carbocycles. The maximum Gasteiger partial charge on any atom is 0.326 e. The molecule has 1 aliphatic rings. The molecular formula is C12H22N2O4. The largest absolute Gasteiger partial charge is 0.480 e. The Morgan fingerprint density at radius 2 is 2.17 bits per heavy atom. The van der Waals surface area contributed by atoms with Gasteiger partial charge in [-0.3, -0.25) is 0 Å². The lowest BCUT2D eigenvalue weighted by Crippen LogP contribution is -2.52. The van der Waals surface area contributed by atoms with Gasteiger partial charge in [-0.1, -0.05) is 20.3 Å². The van der Waals surface area contributed by atoms with Gasteiger partial charge in [0, 0.05) is 6.61 Å². The van der Waals surface area contributed by atoms with Crippen LogP contribution in [0.5, 0.6) is 0 Å². The molecular weight excluding hydrogens is 236 g/mol. The first kappa shape index (κ1) is 14.8. The van der Waals surface area contributed by atoms with Crippen LogP contribution < -0.4 is 10.6 Å². The molecule has 2 amide bonds. The summed E-state index contributed by atoms with van der Waals surface area (Å²) < 4.78 is 5.33. The second-order valence-corrected chi connectivity index (χ2v) is 4.79. The average Bonchev–Trinajstić information content (AvgIpc) is 2.70. The van der Waals surface area contributed by atoms with E-state index in [1.54, 1.807) is 6.92 Å². The van der Waals surface area contributed by atoms with Gasteiger partial charge >= 0.3 is 12.0 Å². The van der Waals surface area contributed by atoms with Crippen molar-refractivity contribution in [1.82, 2.24) is 10.6 Å². The molecule has 6 heteroatoms. The minimum absolute atomic E-state index is 0.0253. The van der Waals surface area contributed by atoms with E-state index in [4.69, 9.17) is 9.84 Å². The maximum absolute atomic E-state index is 11.7. The fraction of sp³-hybridized carbons (Fsp3) is 0.833. The predicted octanol–water partition coefficient (Wildman–Crippen LogP) is 0.962. The van der Waals surface area contributed by atoms with Gasteiger partial charge in [0.2, 0.25) is 0 Å². The van der Waals surface area contributed by atoms with Gasteiger partial charge in [-0.2, -0.15) is 0 Å². The molecule has 0 aromatic rings. The molecule has 1 heterocycles. The highest BCUT2D eigenvalue weighted by atomic mass is 16.5. The Bertz CT molecular complexity index is 308. The van der Waals surface area contributed by atoms with Gasteiger partial charge in [-0.25, -0.2) is 9.59 Å². The Morgan fingerprint density at radius 1 is 1.50 bits per heavy atom. The lowest BCUT2D eigenvalue weighted by Gasteiger charge is -2.22. The zero-order valence-corrected chi connectivity index (χ0v) is 11.1. The van der Waals surface area contributed by atoms with E-state index < -0.39 is 18.0 Å². The molecule has 3 N–H and O–H groups in total. The first-order valence-corrected chi connectivity index (χ1v) is 6.37. The number of ether oxygens (including phenoxy) is 1. The zero-order chi connectivity index (χ0) is 13.7. The third kappa shape index (κ3) is 3.87. The predicted molar refractivity (Wildman–Crippen MR) is 66.4 cm³/mol. The van der Waals surface area contributed by atoms with Crippen molar-refractivity contribution in [3.05, 3.63) is 0 Å². The fourth-order valence-corrected chi connectivity index (χ4v) is 1.96. The number of carboxylic acid groups (broad SMARTS) is 1. The number of amides is 2. The lowest BCUT2D eigenvalue weighted by atomic mass is 9.99. The van der Waals surface area contributed by atoms with E-state index in [9.17, 15) is 9.59 Å².